The zero-order valence-corrected chi connectivity index (χ0v) is 14.7. The molecule has 0 spiro atoms. The van der Waals surface area contributed by atoms with Crippen LogP contribution >= 0.6 is 12.4 Å². The number of aromatic nitrogens is 2. The number of anilines is 1. The molecule has 134 valence electrons. The Hall–Kier alpha value is -2.54. The molecule has 0 fully saturated rings. The number of nitrogens with one attached hydrogen (secondary N) is 1. The number of hydrogen-bond acceptors (Lipinski definition) is 4. The lowest BCUT2D eigenvalue weighted by Gasteiger charge is -2.26. The van der Waals surface area contributed by atoms with Gasteiger partial charge in [0.25, 0.3) is 5.56 Å². The van der Waals surface area contributed by atoms with Gasteiger partial charge in [0, 0.05) is 25.0 Å². The van der Waals surface area contributed by atoms with Crippen LogP contribution in [0.15, 0.2) is 40.1 Å². The number of nitrogens with zero attached hydrogens (tertiary/aromatic N) is 2. The molecule has 1 aliphatic rings. The van der Waals surface area contributed by atoms with Gasteiger partial charge in [0.1, 0.15) is 6.54 Å². The summed E-state index contributed by atoms with van der Waals surface area (Å²) in [4.78, 5) is 35.7. The van der Waals surface area contributed by atoms with Gasteiger partial charge in [-0.1, -0.05) is 6.07 Å². The molecule has 1 amide bonds. The number of halogens is 1. The van der Waals surface area contributed by atoms with Crippen LogP contribution in [0.3, 0.4) is 0 Å². The Morgan fingerprint density at radius 1 is 1.32 bits per heavy atom. The Bertz CT molecular complexity index is 903. The van der Waals surface area contributed by atoms with Crippen LogP contribution in [-0.4, -0.2) is 15.0 Å². The highest BCUT2D eigenvalue weighted by Gasteiger charge is 2.22. The van der Waals surface area contributed by atoms with Crippen molar-refractivity contribution in [3.05, 3.63) is 62.4 Å². The number of carbonyl (C=O) groups is 1. The number of benzene rings is 1. The Balaban J connectivity index is 0.00000225. The number of hydrogen-bond donors (Lipinski definition) is 2. The summed E-state index contributed by atoms with van der Waals surface area (Å²) in [5.41, 5.74) is 7.88. The molecular weight excluding hydrogens is 344 g/mol. The number of amides is 1. The largest absolute Gasteiger partial charge is 0.399 e. The molecule has 1 atom stereocenters. The van der Waals surface area contributed by atoms with E-state index in [0.29, 0.717) is 0 Å². The molecule has 0 aliphatic heterocycles. The summed E-state index contributed by atoms with van der Waals surface area (Å²) in [5.74, 6) is -0.259. The van der Waals surface area contributed by atoms with E-state index in [0.717, 1.165) is 40.6 Å². The molecule has 1 aliphatic carbocycles. The van der Waals surface area contributed by atoms with Crippen LogP contribution in [0, 0.1) is 0 Å². The lowest BCUT2D eigenvalue weighted by atomic mass is 9.87. The summed E-state index contributed by atoms with van der Waals surface area (Å²) in [7, 11) is 1.39. The quantitative estimate of drug-likeness (QED) is 0.785. The highest BCUT2D eigenvalue weighted by atomic mass is 35.5. The zero-order valence-electron chi connectivity index (χ0n) is 13.9. The average molecular weight is 365 g/mol. The molecular formula is C17H21ClN4O3. The van der Waals surface area contributed by atoms with Gasteiger partial charge in [0.05, 0.1) is 6.04 Å². The molecule has 3 rings (SSSR count). The minimum atomic E-state index is -0.505. The fourth-order valence-electron chi connectivity index (χ4n) is 3.12. The third kappa shape index (κ3) is 3.93. The highest BCUT2D eigenvalue weighted by molar-refractivity contribution is 5.85. The van der Waals surface area contributed by atoms with Gasteiger partial charge in [-0.15, -0.1) is 12.4 Å². The van der Waals surface area contributed by atoms with Gasteiger partial charge in [-0.2, -0.15) is 0 Å². The standard InChI is InChI=1S/C17H20N4O3.ClH/c1-20-16(23)7-8-21(17(20)24)10-15(22)19-14-4-2-3-11-9-12(18)5-6-13(11)14;/h5-9,14H,2-4,10,18H2,1H3,(H,19,22);1H. The van der Waals surface area contributed by atoms with Crippen LogP contribution in [-0.2, 0) is 24.8 Å². The smallest absolute Gasteiger partial charge is 0.331 e. The maximum atomic E-state index is 12.3. The molecule has 0 saturated heterocycles. The van der Waals surface area contributed by atoms with Crippen LogP contribution < -0.4 is 22.3 Å². The zero-order chi connectivity index (χ0) is 17.3. The number of nitrogens with two attached hydrogens (primary N) is 1. The van der Waals surface area contributed by atoms with Gasteiger partial charge in [-0.25, -0.2) is 4.79 Å². The molecule has 7 nitrogen and oxygen atoms in total. The average Bonchev–Trinajstić information content (AvgIpc) is 2.55. The van der Waals surface area contributed by atoms with Crippen molar-refractivity contribution in [3.8, 4) is 0 Å². The minimum absolute atomic E-state index is 0. The van der Waals surface area contributed by atoms with E-state index >= 15 is 0 Å². The van der Waals surface area contributed by atoms with Crippen LogP contribution in [0.4, 0.5) is 5.69 Å². The number of aryl methyl sites for hydroxylation is 1. The predicted molar refractivity (Wildman–Crippen MR) is 97.9 cm³/mol. The second-order valence-electron chi connectivity index (χ2n) is 6.09. The summed E-state index contributed by atoms with van der Waals surface area (Å²) in [6, 6.07) is 6.93. The van der Waals surface area contributed by atoms with Gasteiger partial charge in [-0.3, -0.25) is 18.7 Å². The summed E-state index contributed by atoms with van der Waals surface area (Å²) >= 11 is 0. The number of nitrogen functional groups attached to an aromatic ring is 1. The van der Waals surface area contributed by atoms with E-state index in [-0.39, 0.29) is 30.9 Å². The summed E-state index contributed by atoms with van der Waals surface area (Å²) in [5, 5.41) is 2.98. The summed E-state index contributed by atoms with van der Waals surface area (Å²) in [6.45, 7) is -0.117. The molecule has 2 aromatic rings. The fourth-order valence-corrected chi connectivity index (χ4v) is 3.12. The first kappa shape index (κ1) is 18.8. The van der Waals surface area contributed by atoms with Crippen molar-refractivity contribution in [2.75, 3.05) is 5.73 Å². The Morgan fingerprint density at radius 3 is 2.84 bits per heavy atom. The Labute approximate surface area is 150 Å². The van der Waals surface area contributed by atoms with E-state index in [9.17, 15) is 14.4 Å². The maximum absolute atomic E-state index is 12.3. The maximum Gasteiger partial charge on any atom is 0.331 e. The number of fused-ring (bicyclic) bond motifs is 1. The number of carbonyl (C=O) groups excluding carboxylic acids is 1. The molecule has 25 heavy (non-hydrogen) atoms. The van der Waals surface area contributed by atoms with E-state index in [4.69, 9.17) is 5.73 Å². The number of rotatable bonds is 3. The molecule has 8 heteroatoms. The predicted octanol–water partition coefficient (Wildman–Crippen LogP) is 0.745. The van der Waals surface area contributed by atoms with E-state index in [1.54, 1.807) is 0 Å². The first-order valence-electron chi connectivity index (χ1n) is 7.90. The lowest BCUT2D eigenvalue weighted by Crippen LogP contribution is -2.41. The summed E-state index contributed by atoms with van der Waals surface area (Å²) in [6.07, 6.45) is 4.12. The fraction of sp³-hybridized carbons (Fsp3) is 0.353. The third-order valence-corrected chi connectivity index (χ3v) is 4.39. The minimum Gasteiger partial charge on any atom is -0.399 e. The Morgan fingerprint density at radius 2 is 2.08 bits per heavy atom. The van der Waals surface area contributed by atoms with E-state index in [1.165, 1.54) is 23.9 Å². The van der Waals surface area contributed by atoms with Crippen LogP contribution in [0.2, 0.25) is 0 Å². The van der Waals surface area contributed by atoms with E-state index in [1.807, 2.05) is 18.2 Å². The van der Waals surface area contributed by atoms with Crippen LogP contribution in [0.5, 0.6) is 0 Å². The normalized spacial score (nSPS) is 15.8. The van der Waals surface area contributed by atoms with Crippen molar-refractivity contribution in [1.29, 1.82) is 0 Å². The second-order valence-corrected chi connectivity index (χ2v) is 6.09. The van der Waals surface area contributed by atoms with Gasteiger partial charge >= 0.3 is 5.69 Å². The van der Waals surface area contributed by atoms with Gasteiger partial charge in [-0.05, 0) is 42.5 Å². The molecule has 1 unspecified atom stereocenters. The molecule has 0 saturated carbocycles. The topological polar surface area (TPSA) is 99.1 Å². The van der Waals surface area contributed by atoms with Crippen molar-refractivity contribution < 1.29 is 4.79 Å². The molecule has 1 aromatic carbocycles. The van der Waals surface area contributed by atoms with Crippen molar-refractivity contribution in [2.45, 2.75) is 31.8 Å². The van der Waals surface area contributed by atoms with Gasteiger partial charge in [0.2, 0.25) is 5.91 Å². The van der Waals surface area contributed by atoms with Crippen molar-refractivity contribution in [2.24, 2.45) is 7.05 Å². The molecule has 1 aromatic heterocycles. The molecule has 0 bridgehead atoms. The summed E-state index contributed by atoms with van der Waals surface area (Å²) < 4.78 is 2.20. The molecule has 0 radical (unpaired) electrons. The van der Waals surface area contributed by atoms with Crippen LogP contribution in [0.25, 0.3) is 0 Å². The lowest BCUT2D eigenvalue weighted by molar-refractivity contribution is -0.122. The molecule has 3 N–H and O–H groups in total. The van der Waals surface area contributed by atoms with Crippen molar-refractivity contribution in [3.63, 3.8) is 0 Å². The monoisotopic (exact) mass is 364 g/mol. The van der Waals surface area contributed by atoms with Crippen molar-refractivity contribution >= 4 is 24.0 Å². The van der Waals surface area contributed by atoms with Gasteiger partial charge < -0.3 is 11.1 Å². The van der Waals surface area contributed by atoms with Crippen LogP contribution in [0.1, 0.15) is 30.0 Å². The van der Waals surface area contributed by atoms with Crippen molar-refractivity contribution in [1.82, 2.24) is 14.5 Å². The second kappa shape index (κ2) is 7.57. The SMILES string of the molecule is Cl.Cn1c(=O)ccn(CC(=O)NC2CCCc3cc(N)ccc32)c1=O. The Kier molecular flexibility index (Phi) is 5.69. The molecule has 1 heterocycles. The first-order chi connectivity index (χ1) is 11.5. The highest BCUT2D eigenvalue weighted by Crippen LogP contribution is 2.30. The van der Waals surface area contributed by atoms with Gasteiger partial charge in [0.15, 0.2) is 0 Å². The van der Waals surface area contributed by atoms with E-state index in [2.05, 4.69) is 5.32 Å². The van der Waals surface area contributed by atoms with E-state index < -0.39 is 11.2 Å². The third-order valence-electron chi connectivity index (χ3n) is 4.39. The first-order valence-corrected chi connectivity index (χ1v) is 7.90.